The summed E-state index contributed by atoms with van der Waals surface area (Å²) in [5.41, 5.74) is 7.66. The highest BCUT2D eigenvalue weighted by Gasteiger charge is 2.36. The first-order chi connectivity index (χ1) is 12.7. The number of nitrogens with zero attached hydrogens (tertiary/aromatic N) is 2. The van der Waals surface area contributed by atoms with Crippen LogP contribution in [0.4, 0.5) is 0 Å². The van der Waals surface area contributed by atoms with Crippen LogP contribution in [0.2, 0.25) is 0 Å². The number of hydrogen-bond acceptors (Lipinski definition) is 4. The molecule has 27 heavy (non-hydrogen) atoms. The molecule has 0 spiro atoms. The third-order valence-electron chi connectivity index (χ3n) is 5.82. The quantitative estimate of drug-likeness (QED) is 0.404. The fraction of sp³-hybridized carbons (Fsp3) is 0.650. The molecular weight excluding hydrogens is 457 g/mol. The molecule has 0 amide bonds. The number of halogens is 1. The van der Waals surface area contributed by atoms with Gasteiger partial charge in [0.25, 0.3) is 0 Å². The molecule has 150 valence electrons. The average Bonchev–Trinajstić information content (AvgIpc) is 3.16. The Balaban J connectivity index is 0.00000210. The second kappa shape index (κ2) is 8.86. The molecule has 2 fully saturated rings. The predicted molar refractivity (Wildman–Crippen MR) is 116 cm³/mol. The number of guanidine groups is 1. The van der Waals surface area contributed by atoms with Gasteiger partial charge in [-0.15, -0.1) is 24.0 Å². The summed E-state index contributed by atoms with van der Waals surface area (Å²) in [5, 5.41) is 0. The van der Waals surface area contributed by atoms with E-state index in [0.29, 0.717) is 25.8 Å². The molecule has 6 nitrogen and oxygen atoms in total. The lowest BCUT2D eigenvalue weighted by molar-refractivity contribution is 0.00526. The lowest BCUT2D eigenvalue weighted by Gasteiger charge is -2.33. The van der Waals surface area contributed by atoms with Crippen LogP contribution in [0.25, 0.3) is 0 Å². The maximum absolute atomic E-state index is 6.31. The van der Waals surface area contributed by atoms with Crippen LogP contribution in [-0.2, 0) is 10.2 Å². The van der Waals surface area contributed by atoms with E-state index in [1.807, 2.05) is 6.07 Å². The van der Waals surface area contributed by atoms with Crippen molar-refractivity contribution in [3.05, 3.63) is 23.8 Å². The molecule has 1 unspecified atom stereocenters. The molecule has 1 atom stereocenters. The van der Waals surface area contributed by atoms with Crippen molar-refractivity contribution in [3.8, 4) is 11.5 Å². The minimum absolute atomic E-state index is 0. The molecule has 1 aliphatic carbocycles. The summed E-state index contributed by atoms with van der Waals surface area (Å²) in [5.74, 6) is 2.35. The Labute approximate surface area is 178 Å². The van der Waals surface area contributed by atoms with Crippen LogP contribution in [0, 0.1) is 0 Å². The summed E-state index contributed by atoms with van der Waals surface area (Å²) < 4.78 is 17.1. The van der Waals surface area contributed by atoms with Crippen LogP contribution >= 0.6 is 24.0 Å². The molecule has 0 radical (unpaired) electrons. The summed E-state index contributed by atoms with van der Waals surface area (Å²) in [6, 6.07) is 6.38. The van der Waals surface area contributed by atoms with Gasteiger partial charge in [-0.05, 0) is 37.5 Å². The normalized spacial score (nSPS) is 24.4. The molecule has 7 heteroatoms. The zero-order valence-corrected chi connectivity index (χ0v) is 18.3. The molecule has 3 aliphatic rings. The lowest BCUT2D eigenvalue weighted by Crippen LogP contribution is -2.48. The van der Waals surface area contributed by atoms with Gasteiger partial charge in [-0.1, -0.05) is 18.9 Å². The summed E-state index contributed by atoms with van der Waals surface area (Å²) in [7, 11) is 0. The molecule has 1 saturated carbocycles. The van der Waals surface area contributed by atoms with E-state index in [9.17, 15) is 0 Å². The van der Waals surface area contributed by atoms with E-state index in [2.05, 4.69) is 24.0 Å². The number of morpholine rings is 1. The van der Waals surface area contributed by atoms with Crippen molar-refractivity contribution >= 4 is 29.9 Å². The van der Waals surface area contributed by atoms with Gasteiger partial charge >= 0.3 is 0 Å². The van der Waals surface area contributed by atoms with E-state index in [0.717, 1.165) is 44.0 Å². The second-order valence-electron chi connectivity index (χ2n) is 7.65. The van der Waals surface area contributed by atoms with Gasteiger partial charge in [0.2, 0.25) is 0 Å². The maximum Gasteiger partial charge on any atom is 0.191 e. The molecule has 0 aromatic heterocycles. The standard InChI is InChI=1S/C20H29N3O3.HI/c1-15-13-23(8-9-24-15)19(21)22-14-20(6-2-3-7-20)16-4-5-17-18(12-16)26-11-10-25-17;/h4-5,12,15H,2-3,6-11,13-14H2,1H3,(H2,21,22);1H. The van der Waals surface area contributed by atoms with Crippen molar-refractivity contribution in [1.82, 2.24) is 4.90 Å². The second-order valence-corrected chi connectivity index (χ2v) is 7.65. The first kappa shape index (κ1) is 20.5. The van der Waals surface area contributed by atoms with Crippen LogP contribution in [0.3, 0.4) is 0 Å². The van der Waals surface area contributed by atoms with Gasteiger partial charge in [0.05, 0.1) is 19.3 Å². The molecule has 2 heterocycles. The SMILES string of the molecule is CC1CN(C(N)=NCC2(c3ccc4c(c3)OCCO4)CCCC2)CCO1.I. The third-order valence-corrected chi connectivity index (χ3v) is 5.82. The number of ether oxygens (including phenoxy) is 3. The smallest absolute Gasteiger partial charge is 0.191 e. The van der Waals surface area contributed by atoms with Gasteiger partial charge in [-0.25, -0.2) is 0 Å². The van der Waals surface area contributed by atoms with Crippen LogP contribution in [0.5, 0.6) is 11.5 Å². The zero-order valence-electron chi connectivity index (χ0n) is 16.0. The highest BCUT2D eigenvalue weighted by molar-refractivity contribution is 14.0. The van der Waals surface area contributed by atoms with Crippen molar-refractivity contribution in [2.75, 3.05) is 39.5 Å². The van der Waals surface area contributed by atoms with Crippen molar-refractivity contribution in [3.63, 3.8) is 0 Å². The Morgan fingerprint density at radius 1 is 1.19 bits per heavy atom. The summed E-state index contributed by atoms with van der Waals surface area (Å²) >= 11 is 0. The monoisotopic (exact) mass is 487 g/mol. The van der Waals surface area contributed by atoms with Gasteiger partial charge < -0.3 is 24.8 Å². The van der Waals surface area contributed by atoms with Crippen LogP contribution in [-0.4, -0.2) is 56.4 Å². The van der Waals surface area contributed by atoms with Gasteiger partial charge in [0.1, 0.15) is 13.2 Å². The molecule has 1 saturated heterocycles. The minimum atomic E-state index is 0. The number of aliphatic imine (C=N–C) groups is 1. The van der Waals surface area contributed by atoms with Gasteiger partial charge in [-0.3, -0.25) is 4.99 Å². The topological polar surface area (TPSA) is 69.3 Å². The van der Waals surface area contributed by atoms with Gasteiger partial charge in [0, 0.05) is 18.5 Å². The average molecular weight is 487 g/mol. The number of hydrogen-bond donors (Lipinski definition) is 1. The van der Waals surface area contributed by atoms with Gasteiger partial charge in [-0.2, -0.15) is 0 Å². The number of fused-ring (bicyclic) bond motifs is 1. The Morgan fingerprint density at radius 2 is 1.93 bits per heavy atom. The Kier molecular flexibility index (Phi) is 6.73. The fourth-order valence-electron chi connectivity index (χ4n) is 4.32. The Morgan fingerprint density at radius 3 is 2.67 bits per heavy atom. The molecule has 2 N–H and O–H groups in total. The van der Waals surface area contributed by atoms with E-state index in [1.54, 1.807) is 0 Å². The van der Waals surface area contributed by atoms with Gasteiger partial charge in [0.15, 0.2) is 17.5 Å². The highest BCUT2D eigenvalue weighted by Crippen LogP contribution is 2.44. The highest BCUT2D eigenvalue weighted by atomic mass is 127. The maximum atomic E-state index is 6.31. The number of nitrogens with two attached hydrogens (primary N) is 1. The summed E-state index contributed by atoms with van der Waals surface area (Å²) in [6.07, 6.45) is 4.96. The molecular formula is C20H30IN3O3. The lowest BCUT2D eigenvalue weighted by atomic mass is 9.79. The molecule has 1 aromatic carbocycles. The van der Waals surface area contributed by atoms with Crippen molar-refractivity contribution < 1.29 is 14.2 Å². The van der Waals surface area contributed by atoms with Crippen LogP contribution in [0.1, 0.15) is 38.2 Å². The first-order valence-corrected chi connectivity index (χ1v) is 9.73. The third kappa shape index (κ3) is 4.45. The van der Waals surface area contributed by atoms with Crippen molar-refractivity contribution in [2.45, 2.75) is 44.1 Å². The summed E-state index contributed by atoms with van der Waals surface area (Å²) in [4.78, 5) is 6.96. The predicted octanol–water partition coefficient (Wildman–Crippen LogP) is 2.92. The zero-order chi connectivity index (χ0) is 18.0. The number of benzene rings is 1. The summed E-state index contributed by atoms with van der Waals surface area (Å²) in [6.45, 7) is 6.38. The fourth-order valence-corrected chi connectivity index (χ4v) is 4.32. The van der Waals surface area contributed by atoms with E-state index >= 15 is 0 Å². The van der Waals surface area contributed by atoms with Crippen LogP contribution < -0.4 is 15.2 Å². The largest absolute Gasteiger partial charge is 0.486 e. The molecule has 0 bridgehead atoms. The Hall–Kier alpha value is -1.22. The van der Waals surface area contributed by atoms with E-state index in [1.165, 1.54) is 18.4 Å². The first-order valence-electron chi connectivity index (χ1n) is 9.73. The Bertz CT molecular complexity index is 676. The van der Waals surface area contributed by atoms with E-state index in [4.69, 9.17) is 24.9 Å². The minimum Gasteiger partial charge on any atom is -0.486 e. The molecule has 2 aliphatic heterocycles. The van der Waals surface area contributed by atoms with Crippen molar-refractivity contribution in [1.29, 1.82) is 0 Å². The van der Waals surface area contributed by atoms with E-state index in [-0.39, 0.29) is 35.5 Å². The van der Waals surface area contributed by atoms with E-state index < -0.39 is 0 Å². The molecule has 1 aromatic rings. The van der Waals surface area contributed by atoms with Crippen molar-refractivity contribution in [2.24, 2.45) is 10.7 Å². The van der Waals surface area contributed by atoms with Crippen LogP contribution in [0.15, 0.2) is 23.2 Å². The molecule has 4 rings (SSSR count). The number of rotatable bonds is 3.